The van der Waals surface area contributed by atoms with Crippen LogP contribution in [-0.4, -0.2) is 9.52 Å². The summed E-state index contributed by atoms with van der Waals surface area (Å²) < 4.78 is 0. The fourth-order valence-corrected chi connectivity index (χ4v) is 7.36. The fourth-order valence-electron chi connectivity index (χ4n) is 7.36. The second kappa shape index (κ2) is 20.5. The van der Waals surface area contributed by atoms with Gasteiger partial charge < -0.3 is 0 Å². The zero-order valence-electron chi connectivity index (χ0n) is 28.3. The fraction of sp³-hybridized carbons (Fsp3) is 0.550. The number of hydrogen-bond acceptors (Lipinski definition) is 0. The van der Waals surface area contributed by atoms with Gasteiger partial charge >= 0.3 is 37.9 Å². The molecule has 2 aliphatic carbocycles. The minimum absolute atomic E-state index is 0.745. The average Bonchev–Trinajstić information content (AvgIpc) is 3.61. The van der Waals surface area contributed by atoms with Crippen molar-refractivity contribution >= 4 is 48.1 Å². The van der Waals surface area contributed by atoms with Crippen LogP contribution in [0.1, 0.15) is 126 Å². The van der Waals surface area contributed by atoms with Crippen molar-refractivity contribution in [3.8, 4) is 0 Å². The van der Waals surface area contributed by atoms with E-state index in [9.17, 15) is 0 Å². The Labute approximate surface area is 291 Å². The van der Waals surface area contributed by atoms with Crippen molar-refractivity contribution in [3.05, 3.63) is 82.9 Å². The maximum absolute atomic E-state index is 4.93. The molecule has 2 saturated carbocycles. The summed E-state index contributed by atoms with van der Waals surface area (Å²) in [7, 11) is 11.0. The van der Waals surface area contributed by atoms with Crippen LogP contribution in [0.3, 0.4) is 0 Å². The molecule has 0 nitrogen and oxygen atoms in total. The molecule has 0 aliphatic heterocycles. The molecule has 0 amide bonds. The van der Waals surface area contributed by atoms with E-state index in [0.29, 0.717) is 0 Å². The van der Waals surface area contributed by atoms with Crippen molar-refractivity contribution in [2.24, 2.45) is 11.8 Å². The molecule has 4 aromatic rings. The van der Waals surface area contributed by atoms with E-state index in [1.165, 1.54) is 110 Å². The van der Waals surface area contributed by atoms with Gasteiger partial charge in [0, 0.05) is 9.52 Å². The van der Waals surface area contributed by atoms with Gasteiger partial charge in [0.15, 0.2) is 0 Å². The third kappa shape index (κ3) is 11.9. The summed E-state index contributed by atoms with van der Waals surface area (Å²) in [6, 6.07) is 23.5. The van der Waals surface area contributed by atoms with E-state index >= 15 is 0 Å². The van der Waals surface area contributed by atoms with Crippen LogP contribution in [0.5, 0.6) is 0 Å². The van der Waals surface area contributed by atoms with Crippen LogP contribution in [0.25, 0.3) is 21.5 Å². The van der Waals surface area contributed by atoms with Crippen LogP contribution < -0.4 is 0 Å². The molecule has 2 aliphatic rings. The van der Waals surface area contributed by atoms with Crippen molar-refractivity contribution in [2.45, 2.75) is 130 Å². The third-order valence-corrected chi connectivity index (χ3v) is 9.07. The first-order chi connectivity index (χ1) is 21.3. The van der Waals surface area contributed by atoms with Gasteiger partial charge in [-0.15, -0.1) is 69.1 Å². The zero-order chi connectivity index (χ0) is 31.9. The second-order valence-corrected chi connectivity index (χ2v) is 18.6. The predicted octanol–water partition coefficient (Wildman–Crippen LogP) is 13.8. The van der Waals surface area contributed by atoms with Gasteiger partial charge in [0.05, 0.1) is 0 Å². The summed E-state index contributed by atoms with van der Waals surface area (Å²) >= 11 is -0.826. The molecule has 2 radical (unpaired) electrons. The monoisotopic (exact) mass is 724 g/mol. The van der Waals surface area contributed by atoms with Crippen LogP contribution in [0, 0.1) is 11.8 Å². The average molecular weight is 727 g/mol. The molecular formula is C40H56Cl2SiZr. The maximum atomic E-state index is 4.93. The van der Waals surface area contributed by atoms with E-state index in [0.717, 1.165) is 33.2 Å². The molecule has 4 aromatic carbocycles. The summed E-state index contributed by atoms with van der Waals surface area (Å²) in [5.74, 6) is 3.11. The van der Waals surface area contributed by atoms with E-state index in [4.69, 9.17) is 17.0 Å². The summed E-state index contributed by atoms with van der Waals surface area (Å²) in [6.45, 7) is 13.5. The van der Waals surface area contributed by atoms with Crippen LogP contribution in [-0.2, 0) is 33.7 Å². The molecule has 0 bridgehead atoms. The molecule has 0 heterocycles. The Kier molecular flexibility index (Phi) is 17.7. The molecule has 0 spiro atoms. The molecule has 0 saturated heterocycles. The summed E-state index contributed by atoms with van der Waals surface area (Å²) in [5.41, 5.74) is 6.28. The van der Waals surface area contributed by atoms with Gasteiger partial charge in [-0.05, 0) is 62.2 Å². The summed E-state index contributed by atoms with van der Waals surface area (Å²) in [4.78, 5) is 0. The number of halogens is 2. The first kappa shape index (κ1) is 37.8. The van der Waals surface area contributed by atoms with Gasteiger partial charge in [-0.2, -0.15) is 12.1 Å². The van der Waals surface area contributed by atoms with Gasteiger partial charge in [-0.25, -0.2) is 0 Å². The van der Waals surface area contributed by atoms with Crippen LogP contribution in [0.15, 0.2) is 60.7 Å². The van der Waals surface area contributed by atoms with E-state index in [2.05, 4.69) is 101 Å². The number of rotatable bonds is 6. The molecule has 238 valence electrons. The Morgan fingerprint density at radius 1 is 0.659 bits per heavy atom. The Bertz CT molecular complexity index is 1230. The Balaban J connectivity index is 0.000000204. The van der Waals surface area contributed by atoms with Crippen LogP contribution in [0.2, 0.25) is 13.1 Å². The molecule has 44 heavy (non-hydrogen) atoms. The molecular weight excluding hydrogens is 671 g/mol. The van der Waals surface area contributed by atoms with Gasteiger partial charge in [0.2, 0.25) is 0 Å². The standard InChI is InChI=1S/2C19H25.C2H6Si.2ClH.Zr/c2*1-14(2)11-15-12-17-9-6-10-18(19(17)13-15)16-7-4-3-5-8-16;1-3-2;;;/h2*6,9-10,12-14,16H,3-5,7-8,11H2,1-2H3;1-2H3;2*1H;/q2*-1;;;;+4/p-2. The summed E-state index contributed by atoms with van der Waals surface area (Å²) in [5, 5.41) is 5.98. The number of hydrogen-bond donors (Lipinski definition) is 0. The quantitative estimate of drug-likeness (QED) is 0.137. The molecule has 0 unspecified atom stereocenters. The number of fused-ring (bicyclic) bond motifs is 2. The van der Waals surface area contributed by atoms with Gasteiger partial charge in [0.1, 0.15) is 0 Å². The topological polar surface area (TPSA) is 0 Å². The van der Waals surface area contributed by atoms with E-state index in [-0.39, 0.29) is 0 Å². The molecule has 2 fully saturated rings. The first-order valence-electron chi connectivity index (χ1n) is 17.2. The van der Waals surface area contributed by atoms with Crippen LogP contribution in [0.4, 0.5) is 0 Å². The van der Waals surface area contributed by atoms with Crippen molar-refractivity contribution in [1.29, 1.82) is 0 Å². The van der Waals surface area contributed by atoms with E-state index in [1.54, 1.807) is 11.1 Å². The number of benzene rings is 2. The Morgan fingerprint density at radius 2 is 1.00 bits per heavy atom. The van der Waals surface area contributed by atoms with E-state index < -0.39 is 20.8 Å². The first-order valence-corrected chi connectivity index (χ1v) is 25.5. The van der Waals surface area contributed by atoms with Gasteiger partial charge in [0.25, 0.3) is 0 Å². The van der Waals surface area contributed by atoms with Crippen molar-refractivity contribution in [2.75, 3.05) is 0 Å². The molecule has 0 N–H and O–H groups in total. The Morgan fingerprint density at radius 3 is 1.32 bits per heavy atom. The van der Waals surface area contributed by atoms with Crippen LogP contribution >= 0.6 is 17.0 Å². The minimum atomic E-state index is -0.826. The summed E-state index contributed by atoms with van der Waals surface area (Å²) in [6.07, 6.45) is 16.5. The van der Waals surface area contributed by atoms with Crippen molar-refractivity contribution in [3.63, 3.8) is 0 Å². The second-order valence-electron chi connectivity index (χ2n) is 13.9. The molecule has 0 aromatic heterocycles. The SMILES string of the molecule is CC(C)Cc1cc2c(C3CCCCC3)cccc2[cH-]1.CC(C)Cc1cc2c(C3CCCCC3)cccc2[cH-]1.C[Si]C.[Cl][Zr+2][Cl]. The normalized spacial score (nSPS) is 15.7. The van der Waals surface area contributed by atoms with Crippen molar-refractivity contribution < 1.29 is 20.8 Å². The molecule has 0 atom stereocenters. The molecule has 6 rings (SSSR count). The van der Waals surface area contributed by atoms with E-state index in [1.807, 2.05) is 0 Å². The van der Waals surface area contributed by atoms with Gasteiger partial charge in [-0.3, -0.25) is 0 Å². The third-order valence-electron chi connectivity index (χ3n) is 9.07. The van der Waals surface area contributed by atoms with Gasteiger partial charge in [-0.1, -0.05) is 103 Å². The van der Waals surface area contributed by atoms with Crippen molar-refractivity contribution in [1.82, 2.24) is 0 Å². The Hall–Kier alpha value is -0.660. The zero-order valence-corrected chi connectivity index (χ0v) is 33.3. The molecule has 4 heteroatoms. The predicted molar refractivity (Wildman–Crippen MR) is 197 cm³/mol.